The molecule has 1 aliphatic heterocycles. The van der Waals surface area contributed by atoms with Gasteiger partial charge in [-0.05, 0) is 31.9 Å². The monoisotopic (exact) mass is 368 g/mol. The third-order valence-corrected chi connectivity index (χ3v) is 4.81. The van der Waals surface area contributed by atoms with E-state index in [4.69, 9.17) is 0 Å². The number of aromatic amines is 1. The summed E-state index contributed by atoms with van der Waals surface area (Å²) in [7, 11) is 0. The van der Waals surface area contributed by atoms with Crippen molar-refractivity contribution in [1.29, 1.82) is 0 Å². The molecule has 0 saturated carbocycles. The van der Waals surface area contributed by atoms with Crippen molar-refractivity contribution in [3.63, 3.8) is 0 Å². The number of aromatic nitrogens is 7. The molecule has 1 fully saturated rings. The average Bonchev–Trinajstić information content (AvgIpc) is 3.37. The number of H-pyrrole nitrogens is 1. The molecule has 1 aliphatic rings. The lowest BCUT2D eigenvalue weighted by molar-refractivity contribution is 0.0697. The van der Waals surface area contributed by atoms with Crippen LogP contribution >= 0.6 is 0 Å². The summed E-state index contributed by atoms with van der Waals surface area (Å²) < 4.78 is 3.28. The number of hydrogen-bond acceptors (Lipinski definition) is 6. The topological polar surface area (TPSA) is 115 Å². The molecule has 0 spiro atoms. The fourth-order valence-corrected chi connectivity index (χ4v) is 3.49. The molecule has 1 unspecified atom stereocenters. The summed E-state index contributed by atoms with van der Waals surface area (Å²) >= 11 is 0. The fraction of sp³-hybridized carbons (Fsp3) is 0.412. The molecule has 3 aromatic rings. The Morgan fingerprint density at radius 1 is 1.30 bits per heavy atom. The number of piperidine rings is 1. The van der Waals surface area contributed by atoms with Gasteiger partial charge in [-0.25, -0.2) is 14.9 Å². The van der Waals surface area contributed by atoms with Crippen molar-refractivity contribution >= 4 is 5.91 Å². The van der Waals surface area contributed by atoms with Crippen LogP contribution in [-0.4, -0.2) is 58.4 Å². The third kappa shape index (κ3) is 3.25. The molecule has 0 radical (unpaired) electrons. The van der Waals surface area contributed by atoms with Gasteiger partial charge in [0, 0.05) is 25.6 Å². The number of nitrogens with one attached hydrogen (secondary N) is 1. The van der Waals surface area contributed by atoms with E-state index in [0.29, 0.717) is 37.0 Å². The van der Waals surface area contributed by atoms with E-state index >= 15 is 0 Å². The number of hydrogen-bond donors (Lipinski definition) is 1. The zero-order valence-corrected chi connectivity index (χ0v) is 14.9. The quantitative estimate of drug-likeness (QED) is 0.721. The molecule has 0 aromatic carbocycles. The lowest BCUT2D eigenvalue weighted by atomic mass is 9.96. The predicted molar refractivity (Wildman–Crippen MR) is 95.6 cm³/mol. The fourth-order valence-electron chi connectivity index (χ4n) is 3.49. The molecule has 0 aliphatic carbocycles. The summed E-state index contributed by atoms with van der Waals surface area (Å²) in [6.45, 7) is 3.64. The lowest BCUT2D eigenvalue weighted by Gasteiger charge is -2.32. The van der Waals surface area contributed by atoms with Gasteiger partial charge in [0.2, 0.25) is 0 Å². The van der Waals surface area contributed by atoms with Gasteiger partial charge in [-0.2, -0.15) is 5.10 Å². The van der Waals surface area contributed by atoms with E-state index in [1.165, 1.54) is 12.7 Å². The minimum atomic E-state index is -0.209. The minimum Gasteiger partial charge on any atom is -0.337 e. The van der Waals surface area contributed by atoms with E-state index in [1.807, 2.05) is 6.92 Å². The van der Waals surface area contributed by atoms with Crippen LogP contribution in [0.4, 0.5) is 0 Å². The number of nitrogens with zero attached hydrogens (tertiary/aromatic N) is 7. The summed E-state index contributed by atoms with van der Waals surface area (Å²) in [5.41, 5.74) is 0.163. The van der Waals surface area contributed by atoms with Crippen molar-refractivity contribution < 1.29 is 4.79 Å². The third-order valence-electron chi connectivity index (χ3n) is 4.81. The van der Waals surface area contributed by atoms with E-state index in [-0.39, 0.29) is 17.5 Å². The maximum absolute atomic E-state index is 13.0. The van der Waals surface area contributed by atoms with E-state index < -0.39 is 0 Å². The Labute approximate surface area is 154 Å². The smallest absolute Gasteiger partial charge is 0.337 e. The van der Waals surface area contributed by atoms with E-state index in [2.05, 4.69) is 25.4 Å². The van der Waals surface area contributed by atoms with Crippen LogP contribution in [-0.2, 0) is 6.54 Å². The zero-order chi connectivity index (χ0) is 18.8. The van der Waals surface area contributed by atoms with Crippen LogP contribution in [0.5, 0.6) is 0 Å². The van der Waals surface area contributed by atoms with Crippen molar-refractivity contribution in [2.75, 3.05) is 13.1 Å². The molecule has 3 aromatic heterocycles. The van der Waals surface area contributed by atoms with Crippen molar-refractivity contribution in [3.05, 3.63) is 52.9 Å². The van der Waals surface area contributed by atoms with Gasteiger partial charge in [0.1, 0.15) is 30.0 Å². The number of carbonyl (C=O) groups excluding carboxylic acids is 1. The second kappa shape index (κ2) is 7.14. The van der Waals surface area contributed by atoms with Gasteiger partial charge in [0.25, 0.3) is 5.91 Å². The highest BCUT2D eigenvalue weighted by atomic mass is 16.2. The molecule has 4 rings (SSSR count). The first-order valence-corrected chi connectivity index (χ1v) is 8.93. The van der Waals surface area contributed by atoms with Gasteiger partial charge < -0.3 is 4.90 Å². The number of rotatable bonds is 4. The molecule has 10 heteroatoms. The molecule has 1 amide bonds. The number of likely N-dealkylation sites (tertiary alicyclic amines) is 1. The van der Waals surface area contributed by atoms with Crippen LogP contribution in [0.2, 0.25) is 0 Å². The van der Waals surface area contributed by atoms with Crippen LogP contribution in [0.3, 0.4) is 0 Å². The molecule has 140 valence electrons. The molecular formula is C17H20N8O2. The Hall–Kier alpha value is -3.30. The zero-order valence-electron chi connectivity index (χ0n) is 14.9. The minimum absolute atomic E-state index is 0.0302. The molecule has 1 atom stereocenters. The van der Waals surface area contributed by atoms with Crippen LogP contribution in [0.25, 0.3) is 5.82 Å². The Bertz CT molecular complexity index is 991. The molecular weight excluding hydrogens is 348 g/mol. The number of carbonyl (C=O) groups is 1. The first-order chi connectivity index (χ1) is 13.2. The van der Waals surface area contributed by atoms with Crippen LogP contribution < -0.4 is 5.69 Å². The Balaban J connectivity index is 1.55. The highest BCUT2D eigenvalue weighted by molar-refractivity contribution is 5.92. The van der Waals surface area contributed by atoms with Crippen LogP contribution in [0.1, 0.15) is 42.0 Å². The number of amides is 1. The molecule has 0 bridgehead atoms. The Kier molecular flexibility index (Phi) is 4.53. The van der Waals surface area contributed by atoms with Crippen molar-refractivity contribution in [1.82, 2.24) is 39.4 Å². The Morgan fingerprint density at radius 3 is 2.89 bits per heavy atom. The summed E-state index contributed by atoms with van der Waals surface area (Å²) in [6.07, 6.45) is 4.82. The SMILES string of the molecule is CCn1c(C2CCCN(C(=O)c3cccc(-n4cnnc4)n3)C2)n[nH]c1=O. The summed E-state index contributed by atoms with van der Waals surface area (Å²) in [5.74, 6) is 1.20. The highest BCUT2D eigenvalue weighted by Crippen LogP contribution is 2.25. The largest absolute Gasteiger partial charge is 0.343 e. The molecule has 27 heavy (non-hydrogen) atoms. The van der Waals surface area contributed by atoms with Gasteiger partial charge in [-0.15, -0.1) is 10.2 Å². The van der Waals surface area contributed by atoms with Gasteiger partial charge in [-0.1, -0.05) is 6.07 Å². The normalized spacial score (nSPS) is 17.2. The second-order valence-electron chi connectivity index (χ2n) is 6.47. The second-order valence-corrected chi connectivity index (χ2v) is 6.47. The molecule has 4 heterocycles. The average molecular weight is 368 g/mol. The number of pyridine rings is 1. The van der Waals surface area contributed by atoms with Gasteiger partial charge >= 0.3 is 5.69 Å². The lowest BCUT2D eigenvalue weighted by Crippen LogP contribution is -2.40. The summed E-state index contributed by atoms with van der Waals surface area (Å²) in [5, 5.41) is 14.2. The first kappa shape index (κ1) is 17.1. The predicted octanol–water partition coefficient (Wildman–Crippen LogP) is 0.587. The van der Waals surface area contributed by atoms with Crippen LogP contribution in [0.15, 0.2) is 35.6 Å². The maximum atomic E-state index is 13.0. The van der Waals surface area contributed by atoms with E-state index in [9.17, 15) is 9.59 Å². The Morgan fingerprint density at radius 2 is 2.11 bits per heavy atom. The van der Waals surface area contributed by atoms with Gasteiger partial charge in [0.15, 0.2) is 0 Å². The molecule has 10 nitrogen and oxygen atoms in total. The van der Waals surface area contributed by atoms with Crippen LogP contribution in [0, 0.1) is 0 Å². The standard InChI is InChI=1S/C17H20N8O2/c1-2-25-15(21-22-17(25)27)12-5-4-8-23(9-12)16(26)13-6-3-7-14(20-13)24-10-18-19-11-24/h3,6-7,10-12H,2,4-5,8-9H2,1H3,(H,22,27). The van der Waals surface area contributed by atoms with Gasteiger partial charge in [0.05, 0.1) is 0 Å². The van der Waals surface area contributed by atoms with Crippen molar-refractivity contribution in [3.8, 4) is 5.82 Å². The van der Waals surface area contributed by atoms with Crippen molar-refractivity contribution in [2.45, 2.75) is 32.2 Å². The summed E-state index contributed by atoms with van der Waals surface area (Å²) in [6, 6.07) is 5.29. The van der Waals surface area contributed by atoms with E-state index in [1.54, 1.807) is 32.2 Å². The van der Waals surface area contributed by atoms with Gasteiger partial charge in [-0.3, -0.25) is 13.9 Å². The maximum Gasteiger partial charge on any atom is 0.343 e. The highest BCUT2D eigenvalue weighted by Gasteiger charge is 2.29. The first-order valence-electron chi connectivity index (χ1n) is 8.93. The van der Waals surface area contributed by atoms with Crippen molar-refractivity contribution in [2.24, 2.45) is 0 Å². The van der Waals surface area contributed by atoms with E-state index in [0.717, 1.165) is 12.8 Å². The molecule has 1 N–H and O–H groups in total. The summed E-state index contributed by atoms with van der Waals surface area (Å²) in [4.78, 5) is 31.1. The molecule has 1 saturated heterocycles.